The van der Waals surface area contributed by atoms with Crippen molar-refractivity contribution in [1.29, 1.82) is 5.26 Å². The third kappa shape index (κ3) is 5.03. The highest BCUT2D eigenvalue weighted by Gasteiger charge is 2.31. The van der Waals surface area contributed by atoms with E-state index in [1.165, 1.54) is 41.4 Å². The second-order valence-electron chi connectivity index (χ2n) is 8.76. The van der Waals surface area contributed by atoms with Gasteiger partial charge in [-0.25, -0.2) is 12.4 Å². The number of hydrogen-bond donors (Lipinski definition) is 0. The van der Waals surface area contributed by atoms with Crippen LogP contribution in [0.2, 0.25) is 0 Å². The lowest BCUT2D eigenvalue weighted by Gasteiger charge is -2.13. The Morgan fingerprint density at radius 2 is 1.74 bits per heavy atom. The van der Waals surface area contributed by atoms with Crippen LogP contribution in [0, 0.1) is 18.3 Å². The zero-order valence-electron chi connectivity index (χ0n) is 20.5. The molecule has 0 bridgehead atoms. The van der Waals surface area contributed by atoms with Crippen molar-refractivity contribution in [2.75, 3.05) is 14.1 Å². The molecule has 2 aromatic heterocycles. The molecule has 7 nitrogen and oxygen atoms in total. The number of fused-ring (bicyclic) bond motifs is 1. The van der Waals surface area contributed by atoms with Crippen LogP contribution in [0.4, 0.5) is 13.2 Å². The molecule has 2 heterocycles. The highest BCUT2D eigenvalue weighted by molar-refractivity contribution is 7.90. The van der Waals surface area contributed by atoms with Crippen LogP contribution in [0.3, 0.4) is 0 Å². The lowest BCUT2D eigenvalue weighted by Crippen LogP contribution is -2.20. The van der Waals surface area contributed by atoms with Gasteiger partial charge in [0.25, 0.3) is 10.0 Å². The van der Waals surface area contributed by atoms with E-state index in [2.05, 4.69) is 4.98 Å². The number of aryl methyl sites for hydroxylation is 1. The van der Waals surface area contributed by atoms with E-state index in [4.69, 9.17) is 0 Å². The summed E-state index contributed by atoms with van der Waals surface area (Å²) in [5.41, 5.74) is 0.00326. The van der Waals surface area contributed by atoms with Gasteiger partial charge in [-0.3, -0.25) is 9.78 Å². The molecule has 0 radical (unpaired) electrons. The average Bonchev–Trinajstić information content (AvgIpc) is 3.26. The monoisotopic (exact) mass is 538 g/mol. The summed E-state index contributed by atoms with van der Waals surface area (Å²) in [5.74, 6) is -0.803. The first-order chi connectivity index (χ1) is 17.8. The largest absolute Gasteiger partial charge is 0.417 e. The third-order valence-electron chi connectivity index (χ3n) is 5.69. The molecule has 0 saturated heterocycles. The molecule has 4 aromatic rings. The summed E-state index contributed by atoms with van der Waals surface area (Å²) in [5, 5.41) is 9.96. The Hall–Kier alpha value is -4.43. The van der Waals surface area contributed by atoms with Crippen LogP contribution in [0.5, 0.6) is 0 Å². The smallest absolute Gasteiger partial charge is 0.382 e. The van der Waals surface area contributed by atoms with Crippen LogP contribution in [0.1, 0.15) is 21.6 Å². The maximum atomic E-state index is 13.8. The number of allylic oxidation sites excluding steroid dienone is 1. The number of halogens is 3. The van der Waals surface area contributed by atoms with Crippen molar-refractivity contribution in [1.82, 2.24) is 13.9 Å². The number of nitriles is 1. The number of carbonyl (C=O) groups excluding carboxylic acids is 1. The van der Waals surface area contributed by atoms with Crippen LogP contribution in [0.25, 0.3) is 22.2 Å². The first kappa shape index (κ1) is 26.6. The van der Waals surface area contributed by atoms with Gasteiger partial charge >= 0.3 is 6.18 Å². The van der Waals surface area contributed by atoms with Crippen molar-refractivity contribution in [3.05, 3.63) is 95.5 Å². The molecular formula is C27H21F3N4O3S. The fraction of sp³-hybridized carbons (Fsp3) is 0.148. The van der Waals surface area contributed by atoms with E-state index >= 15 is 0 Å². The molecule has 0 saturated carbocycles. The number of nitrogens with zero attached hydrogens (tertiary/aromatic N) is 4. The van der Waals surface area contributed by atoms with Gasteiger partial charge in [-0.15, -0.1) is 0 Å². The van der Waals surface area contributed by atoms with Crippen LogP contribution in [-0.4, -0.2) is 42.2 Å². The molecule has 0 fully saturated rings. The van der Waals surface area contributed by atoms with Gasteiger partial charge in [-0.2, -0.15) is 18.4 Å². The first-order valence-electron chi connectivity index (χ1n) is 11.2. The summed E-state index contributed by atoms with van der Waals surface area (Å²) >= 11 is 0. The number of hydrogen-bond acceptors (Lipinski definition) is 6. The molecule has 38 heavy (non-hydrogen) atoms. The predicted molar refractivity (Wildman–Crippen MR) is 136 cm³/mol. The van der Waals surface area contributed by atoms with E-state index in [1.54, 1.807) is 45.3 Å². The van der Waals surface area contributed by atoms with Gasteiger partial charge < -0.3 is 4.90 Å². The number of pyridine rings is 1. The van der Waals surface area contributed by atoms with Crippen LogP contribution >= 0.6 is 0 Å². The molecule has 0 aliphatic rings. The molecule has 194 valence electrons. The van der Waals surface area contributed by atoms with Gasteiger partial charge in [-0.1, -0.05) is 29.8 Å². The van der Waals surface area contributed by atoms with E-state index in [0.717, 1.165) is 15.6 Å². The van der Waals surface area contributed by atoms with E-state index in [0.29, 0.717) is 17.1 Å². The standard InChI is InChI=1S/C27H21F3N4O3S/c1-17-4-9-22(10-5-17)38(36,37)34-24-12-18(23-11-8-21(15-32-23)27(28,29)30)6-7-19(24)13-25(34)26(35)20(14-31)16-33(2)3/h4-13,15-16H,1-3H3. The molecule has 4 rings (SSSR count). The SMILES string of the molecule is Cc1ccc(S(=O)(=O)n2c(C(=O)C(C#N)=CN(C)C)cc3ccc(-c4ccc(C(F)(F)F)cn4)cc32)cc1. The Labute approximate surface area is 217 Å². The van der Waals surface area contributed by atoms with E-state index in [9.17, 15) is 31.6 Å². The molecule has 0 atom stereocenters. The molecule has 0 aliphatic carbocycles. The number of aromatic nitrogens is 2. The van der Waals surface area contributed by atoms with Crippen LogP contribution < -0.4 is 0 Å². The summed E-state index contributed by atoms with van der Waals surface area (Å²) < 4.78 is 67.5. The summed E-state index contributed by atoms with van der Waals surface area (Å²) in [7, 11) is -1.10. The van der Waals surface area contributed by atoms with Crippen LogP contribution in [-0.2, 0) is 16.2 Å². The second kappa shape index (κ2) is 9.79. The summed E-state index contributed by atoms with van der Waals surface area (Å²) in [6.07, 6.45) is -2.57. The van der Waals surface area contributed by atoms with Gasteiger partial charge in [0.05, 0.1) is 21.7 Å². The van der Waals surface area contributed by atoms with E-state index in [1.807, 2.05) is 6.07 Å². The maximum Gasteiger partial charge on any atom is 0.417 e. The Morgan fingerprint density at radius 1 is 1.05 bits per heavy atom. The fourth-order valence-electron chi connectivity index (χ4n) is 3.84. The fourth-order valence-corrected chi connectivity index (χ4v) is 5.34. The lowest BCUT2D eigenvalue weighted by atomic mass is 10.1. The summed E-state index contributed by atoms with van der Waals surface area (Å²) in [6, 6.07) is 15.9. The molecule has 0 amide bonds. The average molecular weight is 539 g/mol. The topological polar surface area (TPSA) is 96.1 Å². The van der Waals surface area contributed by atoms with Gasteiger partial charge in [0, 0.05) is 37.4 Å². The molecule has 11 heteroatoms. The summed E-state index contributed by atoms with van der Waals surface area (Å²) in [6.45, 7) is 1.80. The Kier molecular flexibility index (Phi) is 6.86. The molecule has 0 spiro atoms. The molecule has 0 unspecified atom stereocenters. The number of alkyl halides is 3. The normalized spacial score (nSPS) is 12.4. The minimum Gasteiger partial charge on any atom is -0.382 e. The molecule has 0 aliphatic heterocycles. The minimum absolute atomic E-state index is 0.0807. The van der Waals surface area contributed by atoms with Gasteiger partial charge in [0.15, 0.2) is 0 Å². The zero-order chi connectivity index (χ0) is 27.8. The van der Waals surface area contributed by atoms with Crippen molar-refractivity contribution in [2.45, 2.75) is 18.0 Å². The van der Waals surface area contributed by atoms with Crippen molar-refractivity contribution >= 4 is 26.7 Å². The highest BCUT2D eigenvalue weighted by atomic mass is 32.2. The Balaban J connectivity index is 1.98. The quantitative estimate of drug-likeness (QED) is 0.185. The Bertz CT molecular complexity index is 1710. The second-order valence-corrected chi connectivity index (χ2v) is 10.5. The Morgan fingerprint density at radius 3 is 2.29 bits per heavy atom. The van der Waals surface area contributed by atoms with E-state index < -0.39 is 27.5 Å². The number of ketones is 1. The van der Waals surface area contributed by atoms with Gasteiger partial charge in [0.1, 0.15) is 17.3 Å². The predicted octanol–water partition coefficient (Wildman–Crippen LogP) is 5.42. The number of rotatable bonds is 6. The van der Waals surface area contributed by atoms with Crippen molar-refractivity contribution in [3.8, 4) is 17.3 Å². The van der Waals surface area contributed by atoms with Crippen molar-refractivity contribution in [2.24, 2.45) is 0 Å². The molecule has 2 aromatic carbocycles. The number of carbonyl (C=O) groups is 1. The minimum atomic E-state index is -4.56. The highest BCUT2D eigenvalue weighted by Crippen LogP contribution is 2.33. The third-order valence-corrected chi connectivity index (χ3v) is 7.43. The number of benzene rings is 2. The van der Waals surface area contributed by atoms with Crippen molar-refractivity contribution in [3.63, 3.8) is 0 Å². The summed E-state index contributed by atoms with van der Waals surface area (Å²) in [4.78, 5) is 18.7. The maximum absolute atomic E-state index is 13.8. The van der Waals surface area contributed by atoms with E-state index in [-0.39, 0.29) is 27.4 Å². The zero-order valence-corrected chi connectivity index (χ0v) is 21.3. The lowest BCUT2D eigenvalue weighted by molar-refractivity contribution is -0.137. The number of Topliss-reactive ketones (excluding diaryl/α,β-unsaturated/α-hetero) is 1. The van der Waals surface area contributed by atoms with Crippen LogP contribution in [0.15, 0.2) is 83.5 Å². The molecule has 0 N–H and O–H groups in total. The van der Waals surface area contributed by atoms with Gasteiger partial charge in [0.2, 0.25) is 5.78 Å². The van der Waals surface area contributed by atoms with Gasteiger partial charge in [-0.05, 0) is 43.3 Å². The first-order valence-corrected chi connectivity index (χ1v) is 12.6. The van der Waals surface area contributed by atoms with Crippen molar-refractivity contribution < 1.29 is 26.4 Å². The molecular weight excluding hydrogens is 517 g/mol.